The molecule has 1 aromatic rings. The van der Waals surface area contributed by atoms with Crippen LogP contribution in [-0.4, -0.2) is 13.1 Å². The highest BCUT2D eigenvalue weighted by molar-refractivity contribution is 9.11. The van der Waals surface area contributed by atoms with E-state index < -0.39 is 0 Å². The molecule has 2 N–H and O–H groups in total. The number of hydrogen-bond donors (Lipinski definition) is 2. The molecule has 1 heterocycles. The Morgan fingerprint density at radius 3 is 3.00 bits per heavy atom. The first-order valence-corrected chi connectivity index (χ1v) is 7.27. The molecule has 1 aromatic carbocycles. The van der Waals surface area contributed by atoms with Gasteiger partial charge < -0.3 is 10.6 Å². The van der Waals surface area contributed by atoms with Gasteiger partial charge in [-0.25, -0.2) is 0 Å². The third-order valence-corrected chi connectivity index (χ3v) is 3.92. The fraction of sp³-hybridized carbons (Fsp3) is 0.500. The van der Waals surface area contributed by atoms with Crippen LogP contribution in [0.3, 0.4) is 0 Å². The summed E-state index contributed by atoms with van der Waals surface area (Å²) in [5, 5.41) is 7.06. The lowest BCUT2D eigenvalue weighted by Gasteiger charge is -2.28. The minimum absolute atomic E-state index is 0.477. The molecule has 2 nitrogen and oxygen atoms in total. The van der Waals surface area contributed by atoms with E-state index >= 15 is 0 Å². The van der Waals surface area contributed by atoms with Gasteiger partial charge in [-0.1, -0.05) is 22.9 Å². The van der Waals surface area contributed by atoms with Gasteiger partial charge in [0.1, 0.15) is 0 Å². The Morgan fingerprint density at radius 2 is 2.25 bits per heavy atom. The fourth-order valence-electron chi connectivity index (χ4n) is 2.08. The maximum absolute atomic E-state index is 3.61. The lowest BCUT2D eigenvalue weighted by molar-refractivity contribution is 0.500. The summed E-state index contributed by atoms with van der Waals surface area (Å²) in [6.45, 7) is 4.31. The van der Waals surface area contributed by atoms with Crippen LogP contribution in [0.5, 0.6) is 0 Å². The standard InChI is InChI=1S/C12H16Br2N2/c1-2-4-15-11-3-5-16-12-9(11)6-8(13)7-10(12)14/h6-7,11,15-16H,2-5H2,1H3. The molecule has 4 heteroatoms. The van der Waals surface area contributed by atoms with Crippen LogP contribution in [0.4, 0.5) is 5.69 Å². The molecule has 0 radical (unpaired) electrons. The van der Waals surface area contributed by atoms with Crippen molar-refractivity contribution in [1.82, 2.24) is 5.32 Å². The molecule has 1 aliphatic rings. The highest BCUT2D eigenvalue weighted by Gasteiger charge is 2.21. The Bertz CT molecular complexity index is 380. The van der Waals surface area contributed by atoms with Crippen molar-refractivity contribution in [2.24, 2.45) is 0 Å². The summed E-state index contributed by atoms with van der Waals surface area (Å²) in [6.07, 6.45) is 2.32. The summed E-state index contributed by atoms with van der Waals surface area (Å²) < 4.78 is 2.27. The van der Waals surface area contributed by atoms with Crippen molar-refractivity contribution < 1.29 is 0 Å². The number of hydrogen-bond acceptors (Lipinski definition) is 2. The first-order chi connectivity index (χ1) is 7.72. The van der Waals surface area contributed by atoms with E-state index in [0.717, 1.165) is 28.5 Å². The molecule has 1 unspecified atom stereocenters. The molecule has 0 spiro atoms. The molecule has 1 atom stereocenters. The van der Waals surface area contributed by atoms with Crippen molar-refractivity contribution in [2.45, 2.75) is 25.8 Å². The number of halogens is 2. The van der Waals surface area contributed by atoms with Gasteiger partial charge in [-0.05, 0) is 53.0 Å². The topological polar surface area (TPSA) is 24.1 Å². The molecule has 0 aromatic heterocycles. The average Bonchev–Trinajstić information content (AvgIpc) is 2.26. The van der Waals surface area contributed by atoms with Gasteiger partial charge in [0.15, 0.2) is 0 Å². The maximum Gasteiger partial charge on any atom is 0.0533 e. The number of fused-ring (bicyclic) bond motifs is 1. The summed E-state index contributed by atoms with van der Waals surface area (Å²) in [5.41, 5.74) is 2.60. The van der Waals surface area contributed by atoms with Crippen LogP contribution >= 0.6 is 31.9 Å². The zero-order valence-corrected chi connectivity index (χ0v) is 12.5. The Morgan fingerprint density at radius 1 is 1.44 bits per heavy atom. The summed E-state index contributed by atoms with van der Waals surface area (Å²) in [5.74, 6) is 0. The number of benzene rings is 1. The second-order valence-electron chi connectivity index (χ2n) is 4.07. The molecule has 16 heavy (non-hydrogen) atoms. The van der Waals surface area contributed by atoms with Crippen LogP contribution in [-0.2, 0) is 0 Å². The van der Waals surface area contributed by atoms with E-state index in [-0.39, 0.29) is 0 Å². The Labute approximate surface area is 113 Å². The number of nitrogens with one attached hydrogen (secondary N) is 2. The molecule has 0 amide bonds. The Balaban J connectivity index is 2.30. The van der Waals surface area contributed by atoms with Gasteiger partial charge in [0, 0.05) is 21.5 Å². The van der Waals surface area contributed by atoms with Crippen molar-refractivity contribution in [3.63, 3.8) is 0 Å². The first kappa shape index (κ1) is 12.4. The fourth-order valence-corrected chi connectivity index (χ4v) is 3.48. The summed E-state index contributed by atoms with van der Waals surface area (Å²) >= 11 is 7.16. The van der Waals surface area contributed by atoms with Gasteiger partial charge in [-0.3, -0.25) is 0 Å². The molecule has 0 bridgehead atoms. The van der Waals surface area contributed by atoms with Crippen LogP contribution in [0, 0.1) is 0 Å². The lowest BCUT2D eigenvalue weighted by Crippen LogP contribution is -2.29. The van der Waals surface area contributed by atoms with E-state index in [4.69, 9.17) is 0 Å². The van der Waals surface area contributed by atoms with Crippen LogP contribution in [0.2, 0.25) is 0 Å². The zero-order chi connectivity index (χ0) is 11.5. The third kappa shape index (κ3) is 2.60. The summed E-state index contributed by atoms with van der Waals surface area (Å²) in [4.78, 5) is 0. The largest absolute Gasteiger partial charge is 0.384 e. The average molecular weight is 348 g/mol. The van der Waals surface area contributed by atoms with Crippen molar-refractivity contribution in [1.29, 1.82) is 0 Å². The molecular weight excluding hydrogens is 332 g/mol. The smallest absolute Gasteiger partial charge is 0.0533 e. The highest BCUT2D eigenvalue weighted by Crippen LogP contribution is 2.37. The number of anilines is 1. The molecule has 88 valence electrons. The Kier molecular flexibility index (Phi) is 4.27. The third-order valence-electron chi connectivity index (χ3n) is 2.84. The maximum atomic E-state index is 3.61. The number of rotatable bonds is 3. The molecular formula is C12H16Br2N2. The van der Waals surface area contributed by atoms with Gasteiger partial charge in [0.25, 0.3) is 0 Å². The van der Waals surface area contributed by atoms with E-state index in [1.54, 1.807) is 0 Å². The molecule has 2 rings (SSSR count). The van der Waals surface area contributed by atoms with Crippen LogP contribution < -0.4 is 10.6 Å². The van der Waals surface area contributed by atoms with E-state index in [2.05, 4.69) is 61.5 Å². The van der Waals surface area contributed by atoms with Gasteiger partial charge in [0.2, 0.25) is 0 Å². The minimum atomic E-state index is 0.477. The molecule has 0 fully saturated rings. The molecule has 0 aliphatic carbocycles. The predicted molar refractivity (Wildman–Crippen MR) is 76.0 cm³/mol. The van der Waals surface area contributed by atoms with Crippen molar-refractivity contribution in [3.05, 3.63) is 26.6 Å². The summed E-state index contributed by atoms with van der Waals surface area (Å²) in [6, 6.07) is 4.78. The quantitative estimate of drug-likeness (QED) is 0.861. The molecule has 0 saturated heterocycles. The van der Waals surface area contributed by atoms with Crippen LogP contribution in [0.25, 0.3) is 0 Å². The zero-order valence-electron chi connectivity index (χ0n) is 9.32. The van der Waals surface area contributed by atoms with Crippen molar-refractivity contribution in [3.8, 4) is 0 Å². The minimum Gasteiger partial charge on any atom is -0.384 e. The van der Waals surface area contributed by atoms with Crippen molar-refractivity contribution in [2.75, 3.05) is 18.4 Å². The molecule has 1 aliphatic heterocycles. The summed E-state index contributed by atoms with van der Waals surface area (Å²) in [7, 11) is 0. The first-order valence-electron chi connectivity index (χ1n) is 5.68. The normalized spacial score (nSPS) is 19.1. The van der Waals surface area contributed by atoms with E-state index in [1.807, 2.05) is 0 Å². The van der Waals surface area contributed by atoms with Crippen molar-refractivity contribution >= 4 is 37.5 Å². The monoisotopic (exact) mass is 346 g/mol. The highest BCUT2D eigenvalue weighted by atomic mass is 79.9. The SMILES string of the molecule is CCCNC1CCNc2c(Br)cc(Br)cc21. The van der Waals surface area contributed by atoms with Gasteiger partial charge in [-0.15, -0.1) is 0 Å². The van der Waals surface area contributed by atoms with Crippen LogP contribution in [0.15, 0.2) is 21.1 Å². The lowest BCUT2D eigenvalue weighted by atomic mass is 9.98. The van der Waals surface area contributed by atoms with Gasteiger partial charge in [-0.2, -0.15) is 0 Å². The van der Waals surface area contributed by atoms with E-state index in [0.29, 0.717) is 6.04 Å². The van der Waals surface area contributed by atoms with E-state index in [1.165, 1.54) is 17.7 Å². The van der Waals surface area contributed by atoms with Gasteiger partial charge in [0.05, 0.1) is 5.69 Å². The van der Waals surface area contributed by atoms with Gasteiger partial charge >= 0.3 is 0 Å². The van der Waals surface area contributed by atoms with Crippen LogP contribution in [0.1, 0.15) is 31.4 Å². The van der Waals surface area contributed by atoms with E-state index in [9.17, 15) is 0 Å². The molecule has 0 saturated carbocycles. The predicted octanol–water partition coefficient (Wildman–Crippen LogP) is 4.07. The second kappa shape index (κ2) is 5.52. The second-order valence-corrected chi connectivity index (χ2v) is 5.84. The Hall–Kier alpha value is -0.0600.